The van der Waals surface area contributed by atoms with Gasteiger partial charge in [-0.2, -0.15) is 0 Å². The van der Waals surface area contributed by atoms with Crippen LogP contribution in [0.3, 0.4) is 0 Å². The maximum atomic E-state index is 11.6. The van der Waals surface area contributed by atoms with Crippen molar-refractivity contribution in [3.05, 3.63) is 30.3 Å². The fourth-order valence-corrected chi connectivity index (χ4v) is 1.36. The number of phenols is 1. The van der Waals surface area contributed by atoms with Gasteiger partial charge in [-0.15, -0.1) is 0 Å². The van der Waals surface area contributed by atoms with Crippen LogP contribution in [0.1, 0.15) is 26.3 Å². The van der Waals surface area contributed by atoms with Crippen LogP contribution in [0.4, 0.5) is 10.5 Å². The van der Waals surface area contributed by atoms with E-state index in [0.717, 1.165) is 0 Å². The van der Waals surface area contributed by atoms with Crippen LogP contribution in [-0.2, 0) is 9.53 Å². The molecule has 0 spiro atoms. The molecule has 0 saturated heterocycles. The Morgan fingerprint density at radius 3 is 2.35 bits per heavy atom. The third-order valence-corrected chi connectivity index (χ3v) is 2.24. The van der Waals surface area contributed by atoms with Gasteiger partial charge >= 0.3 is 12.1 Å². The number of carbonyl (C=O) groups is 2. The number of anilines is 1. The second-order valence-corrected chi connectivity index (χ2v) is 5.14. The third kappa shape index (κ3) is 4.31. The smallest absolute Gasteiger partial charge is 0.412 e. The van der Waals surface area contributed by atoms with E-state index in [-0.39, 0.29) is 22.6 Å². The highest BCUT2D eigenvalue weighted by Gasteiger charge is 2.17. The predicted molar refractivity (Wildman–Crippen MR) is 74.6 cm³/mol. The molecule has 20 heavy (non-hydrogen) atoms. The van der Waals surface area contributed by atoms with E-state index in [4.69, 9.17) is 9.84 Å². The van der Waals surface area contributed by atoms with Crippen LogP contribution in [0.2, 0.25) is 0 Å². The summed E-state index contributed by atoms with van der Waals surface area (Å²) in [7, 11) is 0. The Morgan fingerprint density at radius 2 is 1.90 bits per heavy atom. The number of amides is 1. The van der Waals surface area contributed by atoms with Gasteiger partial charge in [0.05, 0.1) is 11.3 Å². The maximum absolute atomic E-state index is 11.6. The van der Waals surface area contributed by atoms with Gasteiger partial charge in [-0.25, -0.2) is 9.59 Å². The van der Waals surface area contributed by atoms with Crippen LogP contribution < -0.4 is 5.32 Å². The molecule has 0 fully saturated rings. The monoisotopic (exact) mass is 279 g/mol. The van der Waals surface area contributed by atoms with Crippen LogP contribution in [0.15, 0.2) is 24.8 Å². The summed E-state index contributed by atoms with van der Waals surface area (Å²) >= 11 is 0. The number of aliphatic carboxylic acids is 1. The summed E-state index contributed by atoms with van der Waals surface area (Å²) in [6.45, 7) is 8.53. The lowest BCUT2D eigenvalue weighted by Gasteiger charge is -2.20. The molecule has 0 radical (unpaired) electrons. The van der Waals surface area contributed by atoms with Gasteiger partial charge in [-0.05, 0) is 38.5 Å². The molecule has 6 nitrogen and oxygen atoms in total. The quantitative estimate of drug-likeness (QED) is 0.584. The Kier molecular flexibility index (Phi) is 4.39. The lowest BCUT2D eigenvalue weighted by atomic mass is 10.1. The number of hydrogen-bond donors (Lipinski definition) is 3. The summed E-state index contributed by atoms with van der Waals surface area (Å²) < 4.78 is 5.04. The standard InChI is InChI=1S/C14H17NO5/c1-8(12(17)18)9-5-6-10(11(16)7-9)15-13(19)20-14(2,3)4/h5-7,16H,1H2,2-4H3,(H,15,19)(H,17,18). The van der Waals surface area contributed by atoms with Gasteiger partial charge in [0.25, 0.3) is 0 Å². The zero-order valence-corrected chi connectivity index (χ0v) is 11.6. The third-order valence-electron chi connectivity index (χ3n) is 2.24. The fraction of sp³-hybridized carbons (Fsp3) is 0.286. The summed E-state index contributed by atoms with van der Waals surface area (Å²) in [6, 6.07) is 4.02. The number of carboxylic acid groups (broad SMARTS) is 1. The summed E-state index contributed by atoms with van der Waals surface area (Å²) in [5.74, 6) is -1.45. The average Bonchev–Trinajstić information content (AvgIpc) is 2.28. The number of carbonyl (C=O) groups excluding carboxylic acids is 1. The number of carboxylic acids is 1. The van der Waals surface area contributed by atoms with Crippen molar-refractivity contribution in [2.75, 3.05) is 5.32 Å². The highest BCUT2D eigenvalue weighted by Crippen LogP contribution is 2.27. The second-order valence-electron chi connectivity index (χ2n) is 5.14. The molecule has 0 saturated carbocycles. The minimum absolute atomic E-state index is 0.126. The van der Waals surface area contributed by atoms with Crippen molar-refractivity contribution < 1.29 is 24.5 Å². The number of aromatic hydroxyl groups is 1. The van der Waals surface area contributed by atoms with Crippen molar-refractivity contribution in [2.45, 2.75) is 26.4 Å². The predicted octanol–water partition coefficient (Wildman–Crippen LogP) is 2.84. The Morgan fingerprint density at radius 1 is 1.30 bits per heavy atom. The molecule has 0 aliphatic rings. The molecular formula is C14H17NO5. The van der Waals surface area contributed by atoms with E-state index < -0.39 is 17.7 Å². The molecule has 0 aromatic heterocycles. The number of ether oxygens (including phenoxy) is 1. The van der Waals surface area contributed by atoms with Crippen LogP contribution in [-0.4, -0.2) is 27.9 Å². The zero-order valence-electron chi connectivity index (χ0n) is 11.6. The molecule has 0 atom stereocenters. The van der Waals surface area contributed by atoms with E-state index in [1.165, 1.54) is 18.2 Å². The first-order valence-electron chi connectivity index (χ1n) is 5.86. The summed E-state index contributed by atoms with van der Waals surface area (Å²) in [5.41, 5.74) is -0.424. The Balaban J connectivity index is 2.87. The molecule has 0 heterocycles. The first-order chi connectivity index (χ1) is 9.10. The van der Waals surface area contributed by atoms with Crippen molar-refractivity contribution >= 4 is 23.3 Å². The van der Waals surface area contributed by atoms with Crippen molar-refractivity contribution in [3.63, 3.8) is 0 Å². The van der Waals surface area contributed by atoms with Crippen molar-refractivity contribution in [3.8, 4) is 5.75 Å². The molecule has 1 aromatic rings. The van der Waals surface area contributed by atoms with Crippen LogP contribution >= 0.6 is 0 Å². The molecular weight excluding hydrogens is 262 g/mol. The van der Waals surface area contributed by atoms with Crippen molar-refractivity contribution in [1.82, 2.24) is 0 Å². The lowest BCUT2D eigenvalue weighted by Crippen LogP contribution is -2.27. The number of nitrogens with one attached hydrogen (secondary N) is 1. The fourth-order valence-electron chi connectivity index (χ4n) is 1.36. The number of hydrogen-bond acceptors (Lipinski definition) is 4. The van der Waals surface area contributed by atoms with Gasteiger partial charge < -0.3 is 14.9 Å². The van der Waals surface area contributed by atoms with Gasteiger partial charge in [0.2, 0.25) is 0 Å². The van der Waals surface area contributed by atoms with E-state index in [1.54, 1.807) is 20.8 Å². The van der Waals surface area contributed by atoms with Crippen LogP contribution in [0, 0.1) is 0 Å². The van der Waals surface area contributed by atoms with Gasteiger partial charge in [-0.1, -0.05) is 12.6 Å². The summed E-state index contributed by atoms with van der Waals surface area (Å²) in [5, 5.41) is 20.9. The first-order valence-corrected chi connectivity index (χ1v) is 5.86. The maximum Gasteiger partial charge on any atom is 0.412 e. The van der Waals surface area contributed by atoms with E-state index in [1.807, 2.05) is 0 Å². The normalized spacial score (nSPS) is 10.8. The Hall–Kier alpha value is -2.50. The number of benzene rings is 1. The topological polar surface area (TPSA) is 95.9 Å². The van der Waals surface area contributed by atoms with Crippen LogP contribution in [0.25, 0.3) is 5.57 Å². The van der Waals surface area contributed by atoms with E-state index in [2.05, 4.69) is 11.9 Å². The SMILES string of the molecule is C=C(C(=O)O)c1ccc(NC(=O)OC(C)(C)C)c(O)c1. The van der Waals surface area contributed by atoms with Gasteiger partial charge in [-0.3, -0.25) is 5.32 Å². The molecule has 3 N–H and O–H groups in total. The Labute approximate surface area is 116 Å². The molecule has 1 amide bonds. The van der Waals surface area contributed by atoms with E-state index in [0.29, 0.717) is 0 Å². The minimum atomic E-state index is -1.18. The highest BCUT2D eigenvalue weighted by molar-refractivity contribution is 6.14. The van der Waals surface area contributed by atoms with Gasteiger partial charge in [0.15, 0.2) is 0 Å². The molecule has 1 aromatic carbocycles. The molecule has 0 bridgehead atoms. The summed E-state index contributed by atoms with van der Waals surface area (Å²) in [4.78, 5) is 22.3. The van der Waals surface area contributed by atoms with Crippen molar-refractivity contribution in [1.29, 1.82) is 0 Å². The van der Waals surface area contributed by atoms with E-state index >= 15 is 0 Å². The first kappa shape index (κ1) is 15.6. The lowest BCUT2D eigenvalue weighted by molar-refractivity contribution is -0.130. The second kappa shape index (κ2) is 5.64. The number of rotatable bonds is 3. The molecule has 108 valence electrons. The molecule has 0 unspecified atom stereocenters. The summed E-state index contributed by atoms with van der Waals surface area (Å²) in [6.07, 6.45) is -0.711. The average molecular weight is 279 g/mol. The van der Waals surface area contributed by atoms with E-state index in [9.17, 15) is 14.7 Å². The van der Waals surface area contributed by atoms with Gasteiger partial charge in [0.1, 0.15) is 11.4 Å². The Bertz CT molecular complexity index is 557. The molecule has 0 aliphatic heterocycles. The number of phenolic OH excluding ortho intramolecular Hbond substituents is 1. The molecule has 6 heteroatoms. The van der Waals surface area contributed by atoms with Crippen molar-refractivity contribution in [2.24, 2.45) is 0 Å². The highest BCUT2D eigenvalue weighted by atomic mass is 16.6. The minimum Gasteiger partial charge on any atom is -0.506 e. The molecule has 1 rings (SSSR count). The largest absolute Gasteiger partial charge is 0.506 e. The zero-order chi connectivity index (χ0) is 15.5. The van der Waals surface area contributed by atoms with Gasteiger partial charge in [0, 0.05) is 0 Å². The molecule has 0 aliphatic carbocycles. The van der Waals surface area contributed by atoms with Crippen LogP contribution in [0.5, 0.6) is 5.75 Å².